The standard InChI is InChI=1S/C16H12ClNO/c1-11-5-7-12(8-6-11)15-10-16(19-18-15)13-3-2-4-14(17)9-13/h2-10H,1H3. The molecule has 19 heavy (non-hydrogen) atoms. The van der Waals surface area contributed by atoms with Gasteiger partial charge in [0.05, 0.1) is 0 Å². The number of hydrogen-bond acceptors (Lipinski definition) is 2. The molecule has 0 unspecified atom stereocenters. The molecule has 0 spiro atoms. The summed E-state index contributed by atoms with van der Waals surface area (Å²) in [7, 11) is 0. The smallest absolute Gasteiger partial charge is 0.167 e. The predicted octanol–water partition coefficient (Wildman–Crippen LogP) is 4.97. The normalized spacial score (nSPS) is 10.6. The Morgan fingerprint density at radius 3 is 2.47 bits per heavy atom. The van der Waals surface area contributed by atoms with Gasteiger partial charge in [0.15, 0.2) is 5.76 Å². The highest BCUT2D eigenvalue weighted by atomic mass is 35.5. The van der Waals surface area contributed by atoms with Crippen LogP contribution in [0.15, 0.2) is 59.1 Å². The topological polar surface area (TPSA) is 26.0 Å². The van der Waals surface area contributed by atoms with E-state index in [0.29, 0.717) is 5.02 Å². The van der Waals surface area contributed by atoms with Gasteiger partial charge in [0.2, 0.25) is 0 Å². The first-order chi connectivity index (χ1) is 9.22. The summed E-state index contributed by atoms with van der Waals surface area (Å²) in [5.74, 6) is 0.720. The molecule has 0 saturated heterocycles. The second-order valence-corrected chi connectivity index (χ2v) is 4.89. The van der Waals surface area contributed by atoms with Crippen molar-refractivity contribution in [2.75, 3.05) is 0 Å². The maximum absolute atomic E-state index is 5.97. The Kier molecular flexibility index (Phi) is 3.10. The SMILES string of the molecule is Cc1ccc(-c2cc(-c3cccc(Cl)c3)on2)cc1. The Morgan fingerprint density at radius 2 is 1.74 bits per heavy atom. The van der Waals surface area contributed by atoms with E-state index in [0.717, 1.165) is 22.6 Å². The van der Waals surface area contributed by atoms with E-state index in [1.54, 1.807) is 0 Å². The van der Waals surface area contributed by atoms with Gasteiger partial charge < -0.3 is 4.52 Å². The van der Waals surface area contributed by atoms with Crippen molar-refractivity contribution in [3.63, 3.8) is 0 Å². The lowest BCUT2D eigenvalue weighted by molar-refractivity contribution is 0.435. The summed E-state index contributed by atoms with van der Waals surface area (Å²) in [6, 6.07) is 17.7. The van der Waals surface area contributed by atoms with Crippen LogP contribution in [0.1, 0.15) is 5.56 Å². The van der Waals surface area contributed by atoms with Crippen LogP contribution in [0.5, 0.6) is 0 Å². The van der Waals surface area contributed by atoms with Crippen LogP contribution >= 0.6 is 11.6 Å². The lowest BCUT2D eigenvalue weighted by Gasteiger charge is -1.96. The van der Waals surface area contributed by atoms with Gasteiger partial charge in [-0.25, -0.2) is 0 Å². The van der Waals surface area contributed by atoms with Crippen LogP contribution in [-0.2, 0) is 0 Å². The van der Waals surface area contributed by atoms with Gasteiger partial charge in [-0.05, 0) is 19.1 Å². The maximum Gasteiger partial charge on any atom is 0.167 e. The molecule has 0 saturated carbocycles. The molecule has 3 aromatic rings. The number of hydrogen-bond donors (Lipinski definition) is 0. The van der Waals surface area contributed by atoms with E-state index < -0.39 is 0 Å². The summed E-state index contributed by atoms with van der Waals surface area (Å²) in [5.41, 5.74) is 4.03. The van der Waals surface area contributed by atoms with E-state index >= 15 is 0 Å². The Balaban J connectivity index is 1.97. The summed E-state index contributed by atoms with van der Waals surface area (Å²) in [5, 5.41) is 4.79. The van der Waals surface area contributed by atoms with E-state index in [4.69, 9.17) is 16.1 Å². The molecule has 0 radical (unpaired) electrons. The first-order valence-electron chi connectivity index (χ1n) is 6.02. The zero-order valence-corrected chi connectivity index (χ0v) is 11.2. The van der Waals surface area contributed by atoms with Crippen molar-refractivity contribution in [1.82, 2.24) is 5.16 Å². The zero-order chi connectivity index (χ0) is 13.2. The monoisotopic (exact) mass is 269 g/mol. The molecule has 0 amide bonds. The predicted molar refractivity (Wildman–Crippen MR) is 77.1 cm³/mol. The molecule has 1 heterocycles. The van der Waals surface area contributed by atoms with Crippen molar-refractivity contribution >= 4 is 11.6 Å². The highest BCUT2D eigenvalue weighted by molar-refractivity contribution is 6.30. The molecule has 0 atom stereocenters. The fraction of sp³-hybridized carbons (Fsp3) is 0.0625. The number of halogens is 1. The second-order valence-electron chi connectivity index (χ2n) is 4.45. The van der Waals surface area contributed by atoms with Crippen LogP contribution in [0, 0.1) is 6.92 Å². The van der Waals surface area contributed by atoms with E-state index in [1.807, 2.05) is 42.5 Å². The maximum atomic E-state index is 5.97. The Hall–Kier alpha value is -2.06. The molecule has 3 heteroatoms. The minimum atomic E-state index is 0.686. The van der Waals surface area contributed by atoms with Crippen LogP contribution in [0.4, 0.5) is 0 Å². The molecule has 94 valence electrons. The molecule has 0 aliphatic heterocycles. The number of rotatable bonds is 2. The minimum Gasteiger partial charge on any atom is -0.356 e. The molecule has 1 aromatic heterocycles. The lowest BCUT2D eigenvalue weighted by Crippen LogP contribution is -1.77. The lowest BCUT2D eigenvalue weighted by atomic mass is 10.1. The summed E-state index contributed by atoms with van der Waals surface area (Å²) >= 11 is 5.97. The molecule has 0 N–H and O–H groups in total. The fourth-order valence-electron chi connectivity index (χ4n) is 1.91. The van der Waals surface area contributed by atoms with Gasteiger partial charge in [-0.1, -0.05) is 58.7 Å². The third kappa shape index (κ3) is 2.54. The van der Waals surface area contributed by atoms with Gasteiger partial charge in [-0.15, -0.1) is 0 Å². The van der Waals surface area contributed by atoms with Gasteiger partial charge in [0.1, 0.15) is 5.69 Å². The Morgan fingerprint density at radius 1 is 0.947 bits per heavy atom. The van der Waals surface area contributed by atoms with Crippen LogP contribution in [0.2, 0.25) is 5.02 Å². The molecule has 2 nitrogen and oxygen atoms in total. The largest absolute Gasteiger partial charge is 0.356 e. The van der Waals surface area contributed by atoms with Crippen molar-refractivity contribution in [3.8, 4) is 22.6 Å². The summed E-state index contributed by atoms with van der Waals surface area (Å²) < 4.78 is 5.38. The second kappa shape index (κ2) is 4.90. The molecule has 3 rings (SSSR count). The number of benzene rings is 2. The Labute approximate surface area is 116 Å². The van der Waals surface area contributed by atoms with Crippen LogP contribution in [0.3, 0.4) is 0 Å². The molecule has 0 aliphatic rings. The van der Waals surface area contributed by atoms with Crippen LogP contribution in [0.25, 0.3) is 22.6 Å². The van der Waals surface area contributed by atoms with E-state index in [2.05, 4.69) is 24.2 Å². The van der Waals surface area contributed by atoms with E-state index in [-0.39, 0.29) is 0 Å². The summed E-state index contributed by atoms with van der Waals surface area (Å²) in [6.45, 7) is 2.06. The van der Waals surface area contributed by atoms with Crippen molar-refractivity contribution in [2.45, 2.75) is 6.92 Å². The first-order valence-corrected chi connectivity index (χ1v) is 6.40. The average Bonchev–Trinajstić information content (AvgIpc) is 2.89. The number of aryl methyl sites for hydroxylation is 1. The van der Waals surface area contributed by atoms with Crippen molar-refractivity contribution < 1.29 is 4.52 Å². The fourth-order valence-corrected chi connectivity index (χ4v) is 2.10. The van der Waals surface area contributed by atoms with Crippen LogP contribution < -0.4 is 0 Å². The summed E-state index contributed by atoms with van der Waals surface area (Å²) in [6.07, 6.45) is 0. The number of aromatic nitrogens is 1. The highest BCUT2D eigenvalue weighted by Gasteiger charge is 2.08. The van der Waals surface area contributed by atoms with Gasteiger partial charge in [-0.3, -0.25) is 0 Å². The van der Waals surface area contributed by atoms with E-state index in [1.165, 1.54) is 5.56 Å². The van der Waals surface area contributed by atoms with Gasteiger partial charge >= 0.3 is 0 Å². The minimum absolute atomic E-state index is 0.686. The molecular weight excluding hydrogens is 258 g/mol. The Bertz CT molecular complexity index is 701. The van der Waals surface area contributed by atoms with Crippen molar-refractivity contribution in [1.29, 1.82) is 0 Å². The highest BCUT2D eigenvalue weighted by Crippen LogP contribution is 2.27. The van der Waals surface area contributed by atoms with Crippen molar-refractivity contribution in [2.24, 2.45) is 0 Å². The third-order valence-corrected chi connectivity index (χ3v) is 3.20. The molecule has 0 fully saturated rings. The zero-order valence-electron chi connectivity index (χ0n) is 10.4. The summed E-state index contributed by atoms with van der Waals surface area (Å²) in [4.78, 5) is 0. The quantitative estimate of drug-likeness (QED) is 0.656. The van der Waals surface area contributed by atoms with Crippen LogP contribution in [-0.4, -0.2) is 5.16 Å². The third-order valence-electron chi connectivity index (χ3n) is 2.97. The molecular formula is C16H12ClNO. The number of nitrogens with zero attached hydrogens (tertiary/aromatic N) is 1. The van der Waals surface area contributed by atoms with Gasteiger partial charge in [0.25, 0.3) is 0 Å². The first kappa shape index (κ1) is 12.0. The van der Waals surface area contributed by atoms with Crippen molar-refractivity contribution in [3.05, 3.63) is 65.2 Å². The average molecular weight is 270 g/mol. The van der Waals surface area contributed by atoms with Gasteiger partial charge in [0, 0.05) is 22.2 Å². The van der Waals surface area contributed by atoms with E-state index in [9.17, 15) is 0 Å². The van der Waals surface area contributed by atoms with Gasteiger partial charge in [-0.2, -0.15) is 0 Å². The molecule has 0 bridgehead atoms. The molecule has 2 aromatic carbocycles. The molecule has 0 aliphatic carbocycles.